The molecule has 0 bridgehead atoms. The molecular formula is C12H17NO5. The third-order valence-electron chi connectivity index (χ3n) is 2.44. The molecule has 6 nitrogen and oxygen atoms in total. The predicted molar refractivity (Wildman–Crippen MR) is 63.7 cm³/mol. The molecule has 0 spiro atoms. The van der Waals surface area contributed by atoms with Crippen molar-refractivity contribution < 1.29 is 23.8 Å². The second-order valence-corrected chi connectivity index (χ2v) is 3.59. The van der Waals surface area contributed by atoms with Crippen LogP contribution in [-0.4, -0.2) is 48.2 Å². The van der Waals surface area contributed by atoms with Crippen LogP contribution in [0.3, 0.4) is 0 Å². The second kappa shape index (κ2) is 6.80. The molecule has 1 aromatic rings. The van der Waals surface area contributed by atoms with Crippen LogP contribution in [0.1, 0.15) is 34.8 Å². The van der Waals surface area contributed by atoms with Gasteiger partial charge in [0.15, 0.2) is 5.76 Å². The fourth-order valence-electron chi connectivity index (χ4n) is 1.44. The van der Waals surface area contributed by atoms with Crippen LogP contribution in [0, 0.1) is 0 Å². The fraction of sp³-hybridized carbons (Fsp3) is 0.500. The molecule has 0 saturated heterocycles. The smallest absolute Gasteiger partial charge is 0.338 e. The van der Waals surface area contributed by atoms with E-state index in [1.54, 1.807) is 4.90 Å². The number of carboxylic acids is 1. The Balaban J connectivity index is 2.67. The average Bonchev–Trinajstić information content (AvgIpc) is 2.83. The van der Waals surface area contributed by atoms with Crippen molar-refractivity contribution in [2.45, 2.75) is 13.8 Å². The Morgan fingerprint density at radius 2 is 2.17 bits per heavy atom. The molecule has 1 aromatic heterocycles. The lowest BCUT2D eigenvalue weighted by atomic mass is 10.3. The van der Waals surface area contributed by atoms with Crippen LogP contribution in [0.5, 0.6) is 0 Å². The van der Waals surface area contributed by atoms with Crippen molar-refractivity contribution >= 4 is 11.9 Å². The van der Waals surface area contributed by atoms with E-state index in [2.05, 4.69) is 0 Å². The molecule has 0 aromatic carbocycles. The van der Waals surface area contributed by atoms with Gasteiger partial charge in [0.05, 0.1) is 12.2 Å². The molecule has 1 rings (SSSR count). The normalized spacial score (nSPS) is 10.3. The van der Waals surface area contributed by atoms with E-state index in [9.17, 15) is 9.59 Å². The number of rotatable bonds is 7. The SMILES string of the molecule is CCOCCN(CC)C(=O)c1cc(C(=O)O)co1. The number of carboxylic acid groups (broad SMARTS) is 1. The van der Waals surface area contributed by atoms with Crippen molar-refractivity contribution in [2.24, 2.45) is 0 Å². The van der Waals surface area contributed by atoms with Crippen molar-refractivity contribution in [2.75, 3.05) is 26.3 Å². The number of carbonyl (C=O) groups is 2. The molecule has 0 saturated carbocycles. The van der Waals surface area contributed by atoms with Gasteiger partial charge in [-0.05, 0) is 13.8 Å². The zero-order valence-corrected chi connectivity index (χ0v) is 10.5. The highest BCUT2D eigenvalue weighted by molar-refractivity contribution is 5.95. The van der Waals surface area contributed by atoms with Gasteiger partial charge in [0.25, 0.3) is 5.91 Å². The molecule has 1 heterocycles. The lowest BCUT2D eigenvalue weighted by Gasteiger charge is -2.19. The van der Waals surface area contributed by atoms with Crippen molar-refractivity contribution in [1.82, 2.24) is 4.90 Å². The van der Waals surface area contributed by atoms with Gasteiger partial charge < -0.3 is 19.2 Å². The number of ether oxygens (including phenoxy) is 1. The van der Waals surface area contributed by atoms with Gasteiger partial charge in [0.1, 0.15) is 6.26 Å². The quantitative estimate of drug-likeness (QED) is 0.746. The maximum atomic E-state index is 12.0. The summed E-state index contributed by atoms with van der Waals surface area (Å²) in [7, 11) is 0. The van der Waals surface area contributed by atoms with Crippen LogP contribution in [-0.2, 0) is 4.74 Å². The van der Waals surface area contributed by atoms with Crippen LogP contribution in [0.2, 0.25) is 0 Å². The highest BCUT2D eigenvalue weighted by Gasteiger charge is 2.19. The van der Waals surface area contributed by atoms with Gasteiger partial charge in [-0.2, -0.15) is 0 Å². The fourth-order valence-corrected chi connectivity index (χ4v) is 1.44. The molecule has 0 unspecified atom stereocenters. The topological polar surface area (TPSA) is 80.0 Å². The van der Waals surface area contributed by atoms with Gasteiger partial charge in [0, 0.05) is 25.8 Å². The van der Waals surface area contributed by atoms with Crippen molar-refractivity contribution in [3.8, 4) is 0 Å². The zero-order valence-electron chi connectivity index (χ0n) is 10.5. The molecular weight excluding hydrogens is 238 g/mol. The summed E-state index contributed by atoms with van der Waals surface area (Å²) in [6, 6.07) is 1.23. The minimum atomic E-state index is -1.12. The maximum Gasteiger partial charge on any atom is 0.338 e. The van der Waals surface area contributed by atoms with Crippen LogP contribution in [0.25, 0.3) is 0 Å². The lowest BCUT2D eigenvalue weighted by Crippen LogP contribution is -2.33. The monoisotopic (exact) mass is 255 g/mol. The third-order valence-corrected chi connectivity index (χ3v) is 2.44. The summed E-state index contributed by atoms with van der Waals surface area (Å²) >= 11 is 0. The molecule has 1 N–H and O–H groups in total. The molecule has 0 atom stereocenters. The third kappa shape index (κ3) is 3.59. The summed E-state index contributed by atoms with van der Waals surface area (Å²) in [6.45, 7) is 5.72. The number of hydrogen-bond acceptors (Lipinski definition) is 4. The summed E-state index contributed by atoms with van der Waals surface area (Å²) < 4.78 is 10.1. The molecule has 0 fully saturated rings. The van der Waals surface area contributed by atoms with E-state index in [1.807, 2.05) is 13.8 Å². The summed E-state index contributed by atoms with van der Waals surface area (Å²) in [6.07, 6.45) is 1.06. The molecule has 0 aliphatic rings. The Kier molecular flexibility index (Phi) is 5.38. The first-order valence-electron chi connectivity index (χ1n) is 5.79. The van der Waals surface area contributed by atoms with Gasteiger partial charge >= 0.3 is 5.97 Å². The van der Waals surface area contributed by atoms with E-state index in [4.69, 9.17) is 14.3 Å². The highest BCUT2D eigenvalue weighted by Crippen LogP contribution is 2.10. The van der Waals surface area contributed by atoms with Gasteiger partial charge in [-0.3, -0.25) is 4.79 Å². The van der Waals surface area contributed by atoms with Crippen LogP contribution >= 0.6 is 0 Å². The van der Waals surface area contributed by atoms with Gasteiger partial charge in [-0.1, -0.05) is 0 Å². The Morgan fingerprint density at radius 3 is 2.67 bits per heavy atom. The molecule has 100 valence electrons. The standard InChI is InChI=1S/C12H17NO5/c1-3-13(5-6-17-4-2)11(14)10-7-9(8-18-10)12(15)16/h7-8H,3-6H2,1-2H3,(H,15,16). The highest BCUT2D eigenvalue weighted by atomic mass is 16.5. The molecule has 0 radical (unpaired) electrons. The summed E-state index contributed by atoms with van der Waals surface area (Å²) in [5.74, 6) is -1.41. The number of carbonyl (C=O) groups excluding carboxylic acids is 1. The summed E-state index contributed by atoms with van der Waals surface area (Å²) in [4.78, 5) is 24.2. The molecule has 18 heavy (non-hydrogen) atoms. The molecule has 0 aliphatic carbocycles. The number of nitrogens with zero attached hydrogens (tertiary/aromatic N) is 1. The lowest BCUT2D eigenvalue weighted by molar-refractivity contribution is 0.0639. The first kappa shape index (κ1) is 14.2. The molecule has 1 amide bonds. The molecule has 6 heteroatoms. The second-order valence-electron chi connectivity index (χ2n) is 3.59. The van der Waals surface area contributed by atoms with Crippen molar-refractivity contribution in [3.63, 3.8) is 0 Å². The van der Waals surface area contributed by atoms with E-state index >= 15 is 0 Å². The largest absolute Gasteiger partial charge is 0.478 e. The van der Waals surface area contributed by atoms with Gasteiger partial charge in [-0.15, -0.1) is 0 Å². The molecule has 0 aliphatic heterocycles. The van der Waals surface area contributed by atoms with E-state index in [-0.39, 0.29) is 17.2 Å². The number of amides is 1. The van der Waals surface area contributed by atoms with E-state index < -0.39 is 5.97 Å². The van der Waals surface area contributed by atoms with Gasteiger partial charge in [0.2, 0.25) is 0 Å². The minimum absolute atomic E-state index is 0.0285. The van der Waals surface area contributed by atoms with E-state index in [0.29, 0.717) is 26.3 Å². The van der Waals surface area contributed by atoms with Crippen LogP contribution < -0.4 is 0 Å². The first-order chi connectivity index (χ1) is 8.60. The maximum absolute atomic E-state index is 12.0. The number of furan rings is 1. The summed E-state index contributed by atoms with van der Waals surface area (Å²) in [5, 5.41) is 8.74. The average molecular weight is 255 g/mol. The minimum Gasteiger partial charge on any atom is -0.478 e. The van der Waals surface area contributed by atoms with Crippen LogP contribution in [0.15, 0.2) is 16.7 Å². The zero-order chi connectivity index (χ0) is 13.5. The Labute approximate surface area is 105 Å². The van der Waals surface area contributed by atoms with Crippen molar-refractivity contribution in [3.05, 3.63) is 23.7 Å². The van der Waals surface area contributed by atoms with E-state index in [0.717, 1.165) is 6.26 Å². The predicted octanol–water partition coefficient (Wildman–Crippen LogP) is 1.48. The Hall–Kier alpha value is -1.82. The van der Waals surface area contributed by atoms with Crippen LogP contribution in [0.4, 0.5) is 0 Å². The van der Waals surface area contributed by atoms with Gasteiger partial charge in [-0.25, -0.2) is 4.79 Å². The number of likely N-dealkylation sites (N-methyl/N-ethyl adjacent to an activating group) is 1. The Bertz CT molecular complexity index is 412. The number of aromatic carboxylic acids is 1. The summed E-state index contributed by atoms with van der Waals surface area (Å²) in [5.41, 5.74) is -0.0285. The first-order valence-corrected chi connectivity index (χ1v) is 5.79. The number of hydrogen-bond donors (Lipinski definition) is 1. The van der Waals surface area contributed by atoms with E-state index in [1.165, 1.54) is 6.07 Å². The Morgan fingerprint density at radius 1 is 1.44 bits per heavy atom. The van der Waals surface area contributed by atoms with Crippen molar-refractivity contribution in [1.29, 1.82) is 0 Å².